The van der Waals surface area contributed by atoms with E-state index >= 15 is 0 Å². The van der Waals surface area contributed by atoms with Crippen molar-refractivity contribution in [1.29, 1.82) is 0 Å². The maximum atomic E-state index is 3.56. The van der Waals surface area contributed by atoms with Crippen molar-refractivity contribution in [2.45, 2.75) is 6.04 Å². The minimum absolute atomic E-state index is 0.398. The van der Waals surface area contributed by atoms with Crippen molar-refractivity contribution in [3.63, 3.8) is 0 Å². The van der Waals surface area contributed by atoms with E-state index in [1.165, 1.54) is 11.3 Å². The summed E-state index contributed by atoms with van der Waals surface area (Å²) in [5.74, 6) is 0.474. The zero-order valence-electron chi connectivity index (χ0n) is 8.43. The summed E-state index contributed by atoms with van der Waals surface area (Å²) < 4.78 is 0. The Morgan fingerprint density at radius 2 is 1.80 bits per heavy atom. The van der Waals surface area contributed by atoms with Crippen LogP contribution in [-0.2, 0) is 0 Å². The van der Waals surface area contributed by atoms with E-state index in [9.17, 15) is 0 Å². The number of fused-ring (bicyclic) bond motifs is 2. The van der Waals surface area contributed by atoms with Crippen LogP contribution in [0.5, 0.6) is 0 Å². The highest BCUT2D eigenvalue weighted by molar-refractivity contribution is 5.69. The van der Waals surface area contributed by atoms with E-state index in [0.29, 0.717) is 12.0 Å². The highest BCUT2D eigenvalue weighted by Crippen LogP contribution is 2.27. The van der Waals surface area contributed by atoms with Crippen LogP contribution in [0.3, 0.4) is 0 Å². The van der Waals surface area contributed by atoms with Crippen molar-refractivity contribution in [1.82, 2.24) is 0 Å². The SMILES string of the molecule is C1=CC2C=Cc3ccccc3NC2C=C1. The van der Waals surface area contributed by atoms with Gasteiger partial charge in [0.15, 0.2) is 0 Å². The van der Waals surface area contributed by atoms with Gasteiger partial charge in [-0.1, -0.05) is 54.7 Å². The molecule has 3 rings (SSSR count). The van der Waals surface area contributed by atoms with Gasteiger partial charge < -0.3 is 5.32 Å². The van der Waals surface area contributed by atoms with Gasteiger partial charge in [0.2, 0.25) is 0 Å². The molecule has 1 heteroatoms. The van der Waals surface area contributed by atoms with Gasteiger partial charge in [-0.25, -0.2) is 0 Å². The number of nitrogens with one attached hydrogen (secondary N) is 1. The van der Waals surface area contributed by atoms with Gasteiger partial charge in [0, 0.05) is 11.6 Å². The monoisotopic (exact) mass is 195 g/mol. The minimum atomic E-state index is 0.398. The lowest BCUT2D eigenvalue weighted by atomic mass is 9.95. The molecule has 1 aliphatic heterocycles. The first-order valence-corrected chi connectivity index (χ1v) is 5.32. The van der Waals surface area contributed by atoms with Gasteiger partial charge in [-0.15, -0.1) is 0 Å². The second-order valence-corrected chi connectivity index (χ2v) is 3.96. The smallest absolute Gasteiger partial charge is 0.0545 e. The maximum Gasteiger partial charge on any atom is 0.0545 e. The van der Waals surface area contributed by atoms with Crippen LogP contribution in [0.15, 0.2) is 54.6 Å². The Labute approximate surface area is 89.8 Å². The number of hydrogen-bond donors (Lipinski definition) is 1. The molecule has 1 nitrogen and oxygen atoms in total. The van der Waals surface area contributed by atoms with Crippen LogP contribution in [-0.4, -0.2) is 6.04 Å². The molecule has 0 saturated heterocycles. The van der Waals surface area contributed by atoms with E-state index in [4.69, 9.17) is 0 Å². The fraction of sp³-hybridized carbons (Fsp3) is 0.143. The zero-order valence-corrected chi connectivity index (χ0v) is 8.43. The molecule has 0 bridgehead atoms. The molecule has 0 saturated carbocycles. The summed E-state index contributed by atoms with van der Waals surface area (Å²) in [5, 5.41) is 3.56. The van der Waals surface area contributed by atoms with E-state index in [0.717, 1.165) is 0 Å². The molecular formula is C14H13N. The minimum Gasteiger partial charge on any atom is -0.377 e. The third-order valence-corrected chi connectivity index (χ3v) is 2.96. The number of rotatable bonds is 0. The average Bonchev–Trinajstić information content (AvgIpc) is 2.48. The van der Waals surface area contributed by atoms with Gasteiger partial charge in [-0.2, -0.15) is 0 Å². The summed E-state index contributed by atoms with van der Waals surface area (Å²) in [6, 6.07) is 8.82. The van der Waals surface area contributed by atoms with Crippen molar-refractivity contribution in [2.75, 3.05) is 5.32 Å². The number of benzene rings is 1. The van der Waals surface area contributed by atoms with Crippen LogP contribution in [0.1, 0.15) is 5.56 Å². The second-order valence-electron chi connectivity index (χ2n) is 3.96. The lowest BCUT2D eigenvalue weighted by Crippen LogP contribution is -2.25. The molecule has 1 heterocycles. The Kier molecular flexibility index (Phi) is 1.95. The van der Waals surface area contributed by atoms with Crippen molar-refractivity contribution < 1.29 is 0 Å². The second kappa shape index (κ2) is 3.43. The summed E-state index contributed by atoms with van der Waals surface area (Å²) in [5.41, 5.74) is 2.50. The number of hydrogen-bond acceptors (Lipinski definition) is 1. The van der Waals surface area contributed by atoms with E-state index in [-0.39, 0.29) is 0 Å². The lowest BCUT2D eigenvalue weighted by Gasteiger charge is -2.22. The summed E-state index contributed by atoms with van der Waals surface area (Å²) in [7, 11) is 0. The van der Waals surface area contributed by atoms with Crippen LogP contribution in [0.25, 0.3) is 6.08 Å². The Bertz CT molecular complexity index is 454. The standard InChI is InChI=1S/C14H13N/c1-3-7-13-11(5-1)9-10-12-6-2-4-8-14(12)15-13/h1-11,13,15H. The molecule has 2 atom stereocenters. The summed E-state index contributed by atoms with van der Waals surface area (Å²) in [4.78, 5) is 0. The third kappa shape index (κ3) is 1.50. The van der Waals surface area contributed by atoms with E-state index in [1.807, 2.05) is 0 Å². The molecule has 0 radical (unpaired) electrons. The molecule has 74 valence electrons. The Morgan fingerprint density at radius 1 is 0.933 bits per heavy atom. The normalized spacial score (nSPS) is 26.4. The first kappa shape index (κ1) is 8.54. The number of para-hydroxylation sites is 1. The van der Waals surface area contributed by atoms with Crippen LogP contribution >= 0.6 is 0 Å². The van der Waals surface area contributed by atoms with Gasteiger partial charge in [0.05, 0.1) is 6.04 Å². The van der Waals surface area contributed by atoms with Crippen molar-refractivity contribution >= 4 is 11.8 Å². The van der Waals surface area contributed by atoms with Gasteiger partial charge in [-0.3, -0.25) is 0 Å². The number of anilines is 1. The van der Waals surface area contributed by atoms with Gasteiger partial charge in [-0.05, 0) is 11.6 Å². The van der Waals surface area contributed by atoms with E-state index in [1.54, 1.807) is 0 Å². The molecule has 1 aromatic carbocycles. The van der Waals surface area contributed by atoms with Crippen LogP contribution in [0.4, 0.5) is 5.69 Å². The largest absolute Gasteiger partial charge is 0.377 e. The molecule has 0 amide bonds. The fourth-order valence-corrected chi connectivity index (χ4v) is 2.12. The molecule has 2 unspecified atom stereocenters. The maximum absolute atomic E-state index is 3.56. The predicted octanol–water partition coefficient (Wildman–Crippen LogP) is 3.24. The van der Waals surface area contributed by atoms with Gasteiger partial charge in [0.25, 0.3) is 0 Å². The van der Waals surface area contributed by atoms with Gasteiger partial charge in [0.1, 0.15) is 0 Å². The van der Waals surface area contributed by atoms with Crippen molar-refractivity contribution in [2.24, 2.45) is 5.92 Å². The molecule has 1 aliphatic carbocycles. The molecule has 0 spiro atoms. The first-order valence-electron chi connectivity index (χ1n) is 5.32. The highest BCUT2D eigenvalue weighted by Gasteiger charge is 2.18. The molecule has 2 aliphatic rings. The molecular weight excluding hydrogens is 182 g/mol. The third-order valence-electron chi connectivity index (χ3n) is 2.96. The van der Waals surface area contributed by atoms with E-state index in [2.05, 4.69) is 66.0 Å². The predicted molar refractivity (Wildman–Crippen MR) is 64.7 cm³/mol. The van der Waals surface area contributed by atoms with Crippen molar-refractivity contribution in [3.8, 4) is 0 Å². The summed E-state index contributed by atoms with van der Waals surface area (Å²) >= 11 is 0. The Morgan fingerprint density at radius 3 is 2.80 bits per heavy atom. The molecule has 15 heavy (non-hydrogen) atoms. The fourth-order valence-electron chi connectivity index (χ4n) is 2.12. The highest BCUT2D eigenvalue weighted by atomic mass is 14.9. The number of allylic oxidation sites excluding steroid dienone is 2. The first-order chi connectivity index (χ1) is 7.43. The van der Waals surface area contributed by atoms with Crippen LogP contribution in [0, 0.1) is 5.92 Å². The zero-order chi connectivity index (χ0) is 10.1. The average molecular weight is 195 g/mol. The van der Waals surface area contributed by atoms with Gasteiger partial charge >= 0.3 is 0 Å². The molecule has 0 fully saturated rings. The topological polar surface area (TPSA) is 12.0 Å². The van der Waals surface area contributed by atoms with Crippen LogP contribution in [0.2, 0.25) is 0 Å². The van der Waals surface area contributed by atoms with Crippen LogP contribution < -0.4 is 5.32 Å². The quantitative estimate of drug-likeness (QED) is 0.670. The molecule has 1 aromatic rings. The lowest BCUT2D eigenvalue weighted by molar-refractivity contribution is 0.732. The molecule has 0 aromatic heterocycles. The van der Waals surface area contributed by atoms with E-state index < -0.39 is 0 Å². The molecule has 1 N–H and O–H groups in total. The van der Waals surface area contributed by atoms with Crippen molar-refractivity contribution in [3.05, 3.63) is 60.2 Å². The Hall–Kier alpha value is -1.76. The summed E-state index contributed by atoms with van der Waals surface area (Å²) in [6.45, 7) is 0. The summed E-state index contributed by atoms with van der Waals surface area (Å²) in [6.07, 6.45) is 13.1. The Balaban J connectivity index is 2.04.